The number of halogens is 1. The summed E-state index contributed by atoms with van der Waals surface area (Å²) in [5.74, 6) is 2.16. The third-order valence-corrected chi connectivity index (χ3v) is 6.39. The van der Waals surface area contributed by atoms with Crippen molar-refractivity contribution in [1.29, 1.82) is 0 Å². The molecule has 0 radical (unpaired) electrons. The molecule has 8 heteroatoms. The molecule has 1 fully saturated rings. The smallest absolute Gasteiger partial charge is 0.272 e. The highest BCUT2D eigenvalue weighted by Gasteiger charge is 2.28. The molecule has 1 aliphatic rings. The van der Waals surface area contributed by atoms with Crippen LogP contribution in [0.4, 0.5) is 5.69 Å². The third kappa shape index (κ3) is 4.64. The van der Waals surface area contributed by atoms with Gasteiger partial charge < -0.3 is 19.0 Å². The number of para-hydroxylation sites is 3. The molecule has 1 amide bonds. The largest absolute Gasteiger partial charge is 0.492 e. The molecule has 7 nitrogen and oxygen atoms in total. The zero-order valence-corrected chi connectivity index (χ0v) is 20.5. The average molecular weight is 491 g/mol. The molecular formula is C27H27ClN4O3. The molecule has 5 rings (SSSR count). The molecule has 1 saturated heterocycles. The predicted molar refractivity (Wildman–Crippen MR) is 137 cm³/mol. The number of benzene rings is 2. The lowest BCUT2D eigenvalue weighted by atomic mass is 10.2. The van der Waals surface area contributed by atoms with Crippen molar-refractivity contribution in [3.05, 3.63) is 83.2 Å². The second kappa shape index (κ2) is 9.88. The lowest BCUT2D eigenvalue weighted by Crippen LogP contribution is -2.49. The zero-order chi connectivity index (χ0) is 24.4. The maximum atomic E-state index is 13.7. The Morgan fingerprint density at radius 2 is 1.71 bits per heavy atom. The van der Waals surface area contributed by atoms with Gasteiger partial charge in [0.15, 0.2) is 5.76 Å². The van der Waals surface area contributed by atoms with Crippen LogP contribution in [0.1, 0.15) is 23.2 Å². The molecule has 0 bridgehead atoms. The van der Waals surface area contributed by atoms with Crippen LogP contribution in [0.2, 0.25) is 5.02 Å². The summed E-state index contributed by atoms with van der Waals surface area (Å²) >= 11 is 6.48. The highest BCUT2D eigenvalue weighted by Crippen LogP contribution is 2.30. The number of aryl methyl sites for hydroxylation is 1. The van der Waals surface area contributed by atoms with E-state index < -0.39 is 0 Å². The van der Waals surface area contributed by atoms with Crippen molar-refractivity contribution < 1.29 is 13.9 Å². The Morgan fingerprint density at radius 1 is 1.00 bits per heavy atom. The van der Waals surface area contributed by atoms with Gasteiger partial charge in [0.25, 0.3) is 5.91 Å². The summed E-state index contributed by atoms with van der Waals surface area (Å²) in [4.78, 5) is 17.8. The molecule has 3 heterocycles. The van der Waals surface area contributed by atoms with E-state index in [1.54, 1.807) is 16.8 Å². The lowest BCUT2D eigenvalue weighted by Gasteiger charge is -2.36. The first kappa shape index (κ1) is 23.1. The molecule has 4 aromatic rings. The first-order chi connectivity index (χ1) is 17.0. The first-order valence-corrected chi connectivity index (χ1v) is 12.1. The normalized spacial score (nSPS) is 13.8. The van der Waals surface area contributed by atoms with Crippen LogP contribution >= 0.6 is 11.6 Å². The minimum atomic E-state index is -0.0929. The summed E-state index contributed by atoms with van der Waals surface area (Å²) in [6.45, 7) is 7.06. The van der Waals surface area contributed by atoms with Crippen LogP contribution in [0.15, 0.2) is 71.1 Å². The van der Waals surface area contributed by atoms with Crippen molar-refractivity contribution in [3.63, 3.8) is 0 Å². The Kier molecular flexibility index (Phi) is 6.51. The maximum absolute atomic E-state index is 13.7. The van der Waals surface area contributed by atoms with Crippen LogP contribution in [0.3, 0.4) is 0 Å². The van der Waals surface area contributed by atoms with E-state index in [1.807, 2.05) is 67.3 Å². The molecule has 1 aliphatic heterocycles. The van der Waals surface area contributed by atoms with E-state index in [4.69, 9.17) is 25.9 Å². The number of aromatic nitrogens is 2. The number of rotatable bonds is 6. The highest BCUT2D eigenvalue weighted by molar-refractivity contribution is 6.32. The van der Waals surface area contributed by atoms with Crippen LogP contribution in [-0.4, -0.2) is 53.4 Å². The minimum absolute atomic E-state index is 0.0929. The van der Waals surface area contributed by atoms with E-state index in [9.17, 15) is 4.79 Å². The fraction of sp³-hybridized carbons (Fsp3) is 0.259. The van der Waals surface area contributed by atoms with Gasteiger partial charge >= 0.3 is 0 Å². The number of carbonyl (C=O) groups excluding carboxylic acids is 1. The van der Waals surface area contributed by atoms with E-state index >= 15 is 0 Å². The quantitative estimate of drug-likeness (QED) is 0.359. The number of furan rings is 1. The van der Waals surface area contributed by atoms with Gasteiger partial charge in [0, 0.05) is 32.2 Å². The van der Waals surface area contributed by atoms with Crippen LogP contribution in [0, 0.1) is 6.92 Å². The number of anilines is 1. The van der Waals surface area contributed by atoms with Gasteiger partial charge in [0.05, 0.1) is 23.0 Å². The van der Waals surface area contributed by atoms with Gasteiger partial charge in [0.1, 0.15) is 22.9 Å². The Hall–Kier alpha value is -3.71. The van der Waals surface area contributed by atoms with Gasteiger partial charge in [-0.2, -0.15) is 5.10 Å². The number of ether oxygens (including phenoxy) is 1. The van der Waals surface area contributed by atoms with E-state index in [0.717, 1.165) is 17.2 Å². The molecular weight excluding hydrogens is 464 g/mol. The average Bonchev–Trinajstić information content (AvgIpc) is 3.51. The molecule has 2 aromatic heterocycles. The number of hydrogen-bond donors (Lipinski definition) is 0. The second-order valence-electron chi connectivity index (χ2n) is 8.37. The predicted octanol–water partition coefficient (Wildman–Crippen LogP) is 5.46. The van der Waals surface area contributed by atoms with E-state index in [2.05, 4.69) is 11.0 Å². The Morgan fingerprint density at radius 3 is 2.40 bits per heavy atom. The molecule has 0 unspecified atom stereocenters. The van der Waals surface area contributed by atoms with Crippen LogP contribution in [0.25, 0.3) is 17.1 Å². The topological polar surface area (TPSA) is 63.7 Å². The van der Waals surface area contributed by atoms with Crippen molar-refractivity contribution in [2.24, 2.45) is 0 Å². The maximum Gasteiger partial charge on any atom is 0.272 e. The minimum Gasteiger partial charge on any atom is -0.492 e. The third-order valence-electron chi connectivity index (χ3n) is 6.07. The fourth-order valence-electron chi connectivity index (χ4n) is 4.34. The number of amides is 1. The highest BCUT2D eigenvalue weighted by atomic mass is 35.5. The second-order valence-corrected chi connectivity index (χ2v) is 8.78. The number of piperazine rings is 1. The van der Waals surface area contributed by atoms with Gasteiger partial charge in [-0.05, 0) is 50.2 Å². The number of nitrogens with zero attached hydrogens (tertiary/aromatic N) is 4. The number of carbonyl (C=O) groups is 1. The van der Waals surface area contributed by atoms with Crippen molar-refractivity contribution >= 4 is 23.2 Å². The molecule has 0 saturated carbocycles. The summed E-state index contributed by atoms with van der Waals surface area (Å²) in [7, 11) is 0. The fourth-order valence-corrected chi connectivity index (χ4v) is 4.56. The van der Waals surface area contributed by atoms with Crippen molar-refractivity contribution in [2.75, 3.05) is 37.7 Å². The zero-order valence-electron chi connectivity index (χ0n) is 19.8. The van der Waals surface area contributed by atoms with Crippen LogP contribution in [-0.2, 0) is 0 Å². The van der Waals surface area contributed by atoms with Crippen molar-refractivity contribution in [3.8, 4) is 22.9 Å². The van der Waals surface area contributed by atoms with E-state index in [0.29, 0.717) is 60.6 Å². The molecule has 180 valence electrons. The molecule has 0 atom stereocenters. The Bertz CT molecular complexity index is 1340. The molecule has 35 heavy (non-hydrogen) atoms. The SMILES string of the molecule is CCOc1ccccc1N1CCN(C(=O)c2cc(-c3ccc(C)o3)nn2-c2ccccc2Cl)CC1. The van der Waals surface area contributed by atoms with Crippen LogP contribution in [0.5, 0.6) is 5.75 Å². The molecule has 0 aliphatic carbocycles. The van der Waals surface area contributed by atoms with Gasteiger partial charge in [-0.1, -0.05) is 35.9 Å². The summed E-state index contributed by atoms with van der Waals surface area (Å²) in [5, 5.41) is 5.22. The molecule has 2 aromatic carbocycles. The van der Waals surface area contributed by atoms with Gasteiger partial charge in [-0.3, -0.25) is 4.79 Å². The summed E-state index contributed by atoms with van der Waals surface area (Å²) in [5.41, 5.74) is 2.74. The molecule has 0 spiro atoms. The standard InChI is InChI=1S/C27H27ClN4O3/c1-3-34-26-11-7-6-10-23(26)30-14-16-31(17-15-30)27(33)24-18-21(25-13-12-19(2)35-25)29-32(24)22-9-5-4-8-20(22)28/h4-13,18H,3,14-17H2,1-2H3. The Balaban J connectivity index is 1.42. The van der Waals surface area contributed by atoms with Crippen LogP contribution < -0.4 is 9.64 Å². The Labute approximate surface area is 209 Å². The first-order valence-electron chi connectivity index (χ1n) is 11.7. The summed E-state index contributed by atoms with van der Waals surface area (Å²) in [6.07, 6.45) is 0. The molecule has 0 N–H and O–H groups in total. The van der Waals surface area contributed by atoms with Crippen molar-refractivity contribution in [1.82, 2.24) is 14.7 Å². The summed E-state index contributed by atoms with van der Waals surface area (Å²) in [6, 6.07) is 20.9. The van der Waals surface area contributed by atoms with Crippen molar-refractivity contribution in [2.45, 2.75) is 13.8 Å². The van der Waals surface area contributed by atoms with E-state index in [1.165, 1.54) is 0 Å². The van der Waals surface area contributed by atoms with Gasteiger partial charge in [-0.25, -0.2) is 4.68 Å². The van der Waals surface area contributed by atoms with E-state index in [-0.39, 0.29) is 5.91 Å². The number of hydrogen-bond acceptors (Lipinski definition) is 5. The lowest BCUT2D eigenvalue weighted by molar-refractivity contribution is 0.0737. The monoisotopic (exact) mass is 490 g/mol. The summed E-state index contributed by atoms with van der Waals surface area (Å²) < 4.78 is 13.2. The van der Waals surface area contributed by atoms with Gasteiger partial charge in [-0.15, -0.1) is 0 Å². The van der Waals surface area contributed by atoms with Gasteiger partial charge in [0.2, 0.25) is 0 Å².